The quantitative estimate of drug-likeness (QED) is 0.697. The predicted molar refractivity (Wildman–Crippen MR) is 64.4 cm³/mol. The maximum absolute atomic E-state index is 9.10. The second-order valence-corrected chi connectivity index (χ2v) is 3.99. The summed E-state index contributed by atoms with van der Waals surface area (Å²) in [4.78, 5) is 24.7. The van der Waals surface area contributed by atoms with Crippen LogP contribution in [0.3, 0.4) is 0 Å². The minimum absolute atomic E-state index is 0.634. The summed E-state index contributed by atoms with van der Waals surface area (Å²) in [6.07, 6.45) is 3.17. The van der Waals surface area contributed by atoms with Crippen LogP contribution in [-0.4, -0.2) is 57.3 Å². The van der Waals surface area contributed by atoms with Crippen molar-refractivity contribution in [2.75, 3.05) is 20.1 Å². The maximum Gasteiger partial charge on any atom is 0.414 e. The fourth-order valence-corrected chi connectivity index (χ4v) is 1.40. The van der Waals surface area contributed by atoms with Gasteiger partial charge in [0, 0.05) is 20.0 Å². The van der Waals surface area contributed by atoms with Gasteiger partial charge in [0.25, 0.3) is 0 Å². The van der Waals surface area contributed by atoms with Gasteiger partial charge in [0.1, 0.15) is 0 Å². The van der Waals surface area contributed by atoms with Gasteiger partial charge in [-0.15, -0.1) is 0 Å². The molecule has 0 aromatic carbocycles. The van der Waals surface area contributed by atoms with Crippen LogP contribution >= 0.6 is 0 Å². The number of nitrogens with zero attached hydrogens (tertiary/aromatic N) is 3. The third-order valence-corrected chi connectivity index (χ3v) is 2.41. The van der Waals surface area contributed by atoms with Crippen molar-refractivity contribution in [1.82, 2.24) is 15.0 Å². The van der Waals surface area contributed by atoms with Crippen LogP contribution in [0.15, 0.2) is 10.6 Å². The van der Waals surface area contributed by atoms with Crippen LogP contribution in [0.2, 0.25) is 0 Å². The molecule has 19 heavy (non-hydrogen) atoms. The molecule has 0 atom stereocenters. The van der Waals surface area contributed by atoms with Gasteiger partial charge in [-0.3, -0.25) is 0 Å². The highest BCUT2D eigenvalue weighted by Gasteiger charge is 2.13. The fraction of sp³-hybridized carbons (Fsp3) is 0.455. The lowest BCUT2D eigenvalue weighted by atomic mass is 10.1. The second kappa shape index (κ2) is 6.64. The third kappa shape index (κ3) is 4.88. The zero-order valence-electron chi connectivity index (χ0n) is 10.7. The van der Waals surface area contributed by atoms with E-state index in [0.717, 1.165) is 25.3 Å². The van der Waals surface area contributed by atoms with E-state index in [0.29, 0.717) is 5.89 Å². The highest BCUT2D eigenvalue weighted by Crippen LogP contribution is 2.18. The molecule has 2 heterocycles. The number of rotatable bonds is 1. The van der Waals surface area contributed by atoms with Crippen molar-refractivity contribution in [2.24, 2.45) is 0 Å². The SMILES string of the molecule is Cc1nc(C2=CCN(C)CC2)no1.O=C(O)C(=O)O. The Morgan fingerprint density at radius 2 is 2.00 bits per heavy atom. The van der Waals surface area contributed by atoms with E-state index in [9.17, 15) is 0 Å². The van der Waals surface area contributed by atoms with Crippen LogP contribution in [0.5, 0.6) is 0 Å². The molecule has 0 fully saturated rings. The van der Waals surface area contributed by atoms with Crippen LogP contribution in [0.4, 0.5) is 0 Å². The summed E-state index contributed by atoms with van der Waals surface area (Å²) in [6.45, 7) is 3.86. The van der Waals surface area contributed by atoms with Crippen molar-refractivity contribution >= 4 is 17.5 Å². The zero-order chi connectivity index (χ0) is 14.4. The van der Waals surface area contributed by atoms with Gasteiger partial charge in [-0.25, -0.2) is 9.59 Å². The van der Waals surface area contributed by atoms with Crippen molar-refractivity contribution in [3.8, 4) is 0 Å². The first-order valence-electron chi connectivity index (χ1n) is 5.54. The molecular formula is C11H15N3O5. The van der Waals surface area contributed by atoms with Crippen LogP contribution in [-0.2, 0) is 9.59 Å². The summed E-state index contributed by atoms with van der Waals surface area (Å²) in [5.74, 6) is -2.26. The average Bonchev–Trinajstić information content (AvgIpc) is 2.77. The molecule has 0 saturated carbocycles. The van der Waals surface area contributed by atoms with Gasteiger partial charge in [0.2, 0.25) is 5.89 Å². The van der Waals surface area contributed by atoms with E-state index in [2.05, 4.69) is 28.2 Å². The van der Waals surface area contributed by atoms with Crippen LogP contribution in [0, 0.1) is 6.92 Å². The first kappa shape index (κ1) is 14.8. The Bertz CT molecular complexity index is 482. The molecule has 2 N–H and O–H groups in total. The maximum atomic E-state index is 9.10. The molecule has 0 radical (unpaired) electrons. The molecule has 0 unspecified atom stereocenters. The standard InChI is InChI=1S/C9H13N3O.C2H2O4/c1-7-10-9(11-13-7)8-3-5-12(2)6-4-8;3-1(4)2(5)6/h3H,4-6H2,1-2H3;(H,3,4)(H,5,6). The number of aromatic nitrogens is 2. The van der Waals surface area contributed by atoms with Crippen molar-refractivity contribution < 1.29 is 24.3 Å². The van der Waals surface area contributed by atoms with Gasteiger partial charge in [0.05, 0.1) is 0 Å². The summed E-state index contributed by atoms with van der Waals surface area (Å²) < 4.78 is 4.93. The van der Waals surface area contributed by atoms with E-state index >= 15 is 0 Å². The molecule has 104 valence electrons. The van der Waals surface area contributed by atoms with Crippen molar-refractivity contribution in [3.63, 3.8) is 0 Å². The molecule has 8 nitrogen and oxygen atoms in total. The normalized spacial score (nSPS) is 15.2. The van der Waals surface area contributed by atoms with Crippen molar-refractivity contribution in [2.45, 2.75) is 13.3 Å². The minimum atomic E-state index is -1.82. The second-order valence-electron chi connectivity index (χ2n) is 3.99. The number of aliphatic carboxylic acids is 2. The number of hydrogen-bond acceptors (Lipinski definition) is 6. The Morgan fingerprint density at radius 1 is 1.37 bits per heavy atom. The molecule has 1 aromatic heterocycles. The van der Waals surface area contributed by atoms with Crippen molar-refractivity contribution in [3.05, 3.63) is 17.8 Å². The van der Waals surface area contributed by atoms with Gasteiger partial charge in [-0.1, -0.05) is 11.2 Å². The Morgan fingerprint density at radius 3 is 2.37 bits per heavy atom. The molecule has 0 bridgehead atoms. The molecule has 0 amide bonds. The number of aryl methyl sites for hydroxylation is 1. The number of hydrogen-bond donors (Lipinski definition) is 2. The largest absolute Gasteiger partial charge is 0.473 e. The highest BCUT2D eigenvalue weighted by molar-refractivity contribution is 6.27. The molecule has 0 aliphatic carbocycles. The van der Waals surface area contributed by atoms with E-state index in [-0.39, 0.29) is 0 Å². The summed E-state index contributed by atoms with van der Waals surface area (Å²) in [5.41, 5.74) is 1.20. The predicted octanol–water partition coefficient (Wildman–Crippen LogP) is 0.253. The molecular weight excluding hydrogens is 254 g/mol. The van der Waals surface area contributed by atoms with E-state index in [1.807, 2.05) is 6.92 Å². The topological polar surface area (TPSA) is 117 Å². The zero-order valence-corrected chi connectivity index (χ0v) is 10.7. The minimum Gasteiger partial charge on any atom is -0.473 e. The molecule has 2 rings (SSSR count). The van der Waals surface area contributed by atoms with Crippen molar-refractivity contribution in [1.29, 1.82) is 0 Å². The lowest BCUT2D eigenvalue weighted by Gasteiger charge is -2.19. The molecule has 1 aliphatic rings. The molecule has 8 heteroatoms. The Labute approximate surface area is 109 Å². The molecule has 0 spiro atoms. The Balaban J connectivity index is 0.000000258. The van der Waals surface area contributed by atoms with E-state index in [1.165, 1.54) is 5.57 Å². The van der Waals surface area contributed by atoms with E-state index in [1.54, 1.807) is 0 Å². The van der Waals surface area contributed by atoms with Gasteiger partial charge in [-0.05, 0) is 19.0 Å². The van der Waals surface area contributed by atoms with Crippen LogP contribution in [0.1, 0.15) is 18.1 Å². The van der Waals surface area contributed by atoms with E-state index < -0.39 is 11.9 Å². The first-order valence-corrected chi connectivity index (χ1v) is 5.54. The van der Waals surface area contributed by atoms with Crippen LogP contribution < -0.4 is 0 Å². The monoisotopic (exact) mass is 269 g/mol. The van der Waals surface area contributed by atoms with E-state index in [4.69, 9.17) is 24.3 Å². The number of carboxylic acid groups (broad SMARTS) is 2. The summed E-state index contributed by atoms with van der Waals surface area (Å²) in [7, 11) is 2.11. The van der Waals surface area contributed by atoms with Gasteiger partial charge >= 0.3 is 11.9 Å². The van der Waals surface area contributed by atoms with Gasteiger partial charge in [0.15, 0.2) is 5.82 Å². The fourth-order valence-electron chi connectivity index (χ4n) is 1.40. The molecule has 1 aliphatic heterocycles. The lowest BCUT2D eigenvalue weighted by Crippen LogP contribution is -2.23. The number of carboxylic acids is 2. The Kier molecular flexibility index (Phi) is 5.19. The average molecular weight is 269 g/mol. The van der Waals surface area contributed by atoms with Crippen LogP contribution in [0.25, 0.3) is 5.57 Å². The first-order chi connectivity index (χ1) is 8.90. The smallest absolute Gasteiger partial charge is 0.414 e. The summed E-state index contributed by atoms with van der Waals surface area (Å²) in [6, 6.07) is 0. The Hall–Kier alpha value is -2.22. The summed E-state index contributed by atoms with van der Waals surface area (Å²) >= 11 is 0. The number of carbonyl (C=O) groups is 2. The third-order valence-electron chi connectivity index (χ3n) is 2.41. The van der Waals surface area contributed by atoms with Gasteiger partial charge in [-0.2, -0.15) is 4.98 Å². The highest BCUT2D eigenvalue weighted by atomic mass is 16.5. The number of likely N-dealkylation sites (N-methyl/N-ethyl adjacent to an activating group) is 1. The van der Waals surface area contributed by atoms with Gasteiger partial charge < -0.3 is 19.6 Å². The lowest BCUT2D eigenvalue weighted by molar-refractivity contribution is -0.159. The molecule has 0 saturated heterocycles. The molecule has 1 aromatic rings. The summed E-state index contributed by atoms with van der Waals surface area (Å²) in [5, 5.41) is 18.7.